The molecule has 1 fully saturated rings. The Bertz CT molecular complexity index is 272. The first-order chi connectivity index (χ1) is 9.69. The van der Waals surface area contributed by atoms with E-state index >= 15 is 0 Å². The molecule has 1 aliphatic rings. The fourth-order valence-electron chi connectivity index (χ4n) is 2.26. The minimum atomic E-state index is -0.0108. The van der Waals surface area contributed by atoms with Crippen LogP contribution in [-0.2, 0) is 14.3 Å². The molecule has 0 aromatic heterocycles. The van der Waals surface area contributed by atoms with E-state index in [0.29, 0.717) is 26.2 Å². The summed E-state index contributed by atoms with van der Waals surface area (Å²) in [6, 6.07) is 0. The molecule has 1 rings (SSSR count). The van der Waals surface area contributed by atoms with Crippen LogP contribution in [0.2, 0.25) is 0 Å². The number of nitrogens with one attached hydrogen (secondary N) is 1. The van der Waals surface area contributed by atoms with Crippen LogP contribution in [0.15, 0.2) is 0 Å². The largest absolute Gasteiger partial charge is 0.370 e. The molecule has 116 valence electrons. The Morgan fingerprint density at radius 3 is 2.65 bits per heavy atom. The fourth-order valence-corrected chi connectivity index (χ4v) is 2.26. The lowest BCUT2D eigenvalue weighted by atomic mass is 9.96. The number of hydrogen-bond donors (Lipinski definition) is 2. The smallest absolute Gasteiger partial charge is 0.248 e. The number of ether oxygens (including phenoxy) is 1. The number of piperidine rings is 1. The van der Waals surface area contributed by atoms with Gasteiger partial charge in [-0.15, -0.1) is 0 Å². The van der Waals surface area contributed by atoms with Gasteiger partial charge in [0, 0.05) is 32.1 Å². The van der Waals surface area contributed by atoms with E-state index in [9.17, 15) is 9.59 Å². The van der Waals surface area contributed by atoms with Gasteiger partial charge in [0.2, 0.25) is 11.8 Å². The lowest BCUT2D eigenvalue weighted by molar-refractivity contribution is -0.139. The number of carbonyl (C=O) groups is 2. The number of likely N-dealkylation sites (tertiary alicyclic amines) is 1. The van der Waals surface area contributed by atoms with Crippen LogP contribution in [0.1, 0.15) is 32.6 Å². The lowest BCUT2D eigenvalue weighted by Gasteiger charge is -2.31. The second-order valence-corrected chi connectivity index (χ2v) is 5.14. The summed E-state index contributed by atoms with van der Waals surface area (Å²) in [6.07, 6.45) is 3.57. The Hall–Kier alpha value is -1.14. The summed E-state index contributed by atoms with van der Waals surface area (Å²) in [5, 5.41) is 2.96. The number of rotatable bonds is 8. The van der Waals surface area contributed by atoms with Crippen LogP contribution < -0.4 is 11.1 Å². The number of hydrogen-bond acceptors (Lipinski definition) is 4. The highest BCUT2D eigenvalue weighted by atomic mass is 16.5. The fraction of sp³-hybridized carbons (Fsp3) is 0.857. The van der Waals surface area contributed by atoms with Crippen molar-refractivity contribution in [2.24, 2.45) is 11.7 Å². The van der Waals surface area contributed by atoms with E-state index in [-0.39, 0.29) is 24.3 Å². The molecular weight excluding hydrogens is 258 g/mol. The van der Waals surface area contributed by atoms with Crippen molar-refractivity contribution in [1.82, 2.24) is 10.2 Å². The number of nitrogens with two attached hydrogens (primary N) is 1. The van der Waals surface area contributed by atoms with E-state index in [4.69, 9.17) is 10.5 Å². The monoisotopic (exact) mass is 285 g/mol. The van der Waals surface area contributed by atoms with E-state index in [1.54, 1.807) is 4.90 Å². The maximum Gasteiger partial charge on any atom is 0.248 e. The molecule has 1 heterocycles. The Balaban J connectivity index is 2.21. The van der Waals surface area contributed by atoms with E-state index in [0.717, 1.165) is 32.2 Å². The summed E-state index contributed by atoms with van der Waals surface area (Å²) in [7, 11) is 0. The topological polar surface area (TPSA) is 84.7 Å². The molecule has 0 aliphatic carbocycles. The first-order valence-electron chi connectivity index (χ1n) is 7.52. The van der Waals surface area contributed by atoms with Crippen LogP contribution in [0.4, 0.5) is 0 Å². The maximum atomic E-state index is 11.9. The van der Waals surface area contributed by atoms with Crippen LogP contribution in [0, 0.1) is 5.92 Å². The van der Waals surface area contributed by atoms with Crippen molar-refractivity contribution in [2.75, 3.05) is 39.4 Å². The second-order valence-electron chi connectivity index (χ2n) is 5.14. The third-order valence-corrected chi connectivity index (χ3v) is 3.54. The second kappa shape index (κ2) is 9.72. The van der Waals surface area contributed by atoms with Crippen molar-refractivity contribution >= 4 is 11.8 Å². The predicted molar refractivity (Wildman–Crippen MR) is 77.1 cm³/mol. The Labute approximate surface area is 121 Å². The SMILES string of the molecule is CCCCNC(=O)C1CCN(C(=O)COCCN)CC1. The van der Waals surface area contributed by atoms with Crippen molar-refractivity contribution in [3.05, 3.63) is 0 Å². The Morgan fingerprint density at radius 2 is 2.05 bits per heavy atom. The highest BCUT2D eigenvalue weighted by Crippen LogP contribution is 2.17. The van der Waals surface area contributed by atoms with Gasteiger partial charge >= 0.3 is 0 Å². The van der Waals surface area contributed by atoms with E-state index in [1.165, 1.54) is 0 Å². The minimum Gasteiger partial charge on any atom is -0.370 e. The van der Waals surface area contributed by atoms with Gasteiger partial charge in [0.15, 0.2) is 0 Å². The van der Waals surface area contributed by atoms with Gasteiger partial charge in [-0.3, -0.25) is 9.59 Å². The van der Waals surface area contributed by atoms with Gasteiger partial charge in [-0.05, 0) is 19.3 Å². The first kappa shape index (κ1) is 16.9. The lowest BCUT2D eigenvalue weighted by Crippen LogP contribution is -2.44. The molecule has 0 bridgehead atoms. The zero-order valence-electron chi connectivity index (χ0n) is 12.4. The predicted octanol–water partition coefficient (Wildman–Crippen LogP) is 0.117. The van der Waals surface area contributed by atoms with Gasteiger partial charge in [-0.25, -0.2) is 0 Å². The van der Waals surface area contributed by atoms with Gasteiger partial charge in [0.05, 0.1) is 6.61 Å². The van der Waals surface area contributed by atoms with Crippen molar-refractivity contribution in [3.63, 3.8) is 0 Å². The van der Waals surface area contributed by atoms with Crippen LogP contribution in [0.25, 0.3) is 0 Å². The highest BCUT2D eigenvalue weighted by Gasteiger charge is 2.26. The van der Waals surface area contributed by atoms with Crippen molar-refractivity contribution in [1.29, 1.82) is 0 Å². The summed E-state index contributed by atoms with van der Waals surface area (Å²) in [5.41, 5.74) is 5.30. The third kappa shape index (κ3) is 5.88. The van der Waals surface area contributed by atoms with E-state index in [2.05, 4.69) is 12.2 Å². The van der Waals surface area contributed by atoms with E-state index < -0.39 is 0 Å². The number of carbonyl (C=O) groups excluding carboxylic acids is 2. The summed E-state index contributed by atoms with van der Waals surface area (Å²) < 4.78 is 5.14. The van der Waals surface area contributed by atoms with Crippen LogP contribution >= 0.6 is 0 Å². The van der Waals surface area contributed by atoms with E-state index in [1.807, 2.05) is 0 Å². The molecule has 6 heteroatoms. The quantitative estimate of drug-likeness (QED) is 0.620. The molecule has 0 radical (unpaired) electrons. The molecule has 0 atom stereocenters. The van der Waals surface area contributed by atoms with Crippen LogP contribution in [0.3, 0.4) is 0 Å². The van der Waals surface area contributed by atoms with Crippen LogP contribution in [-0.4, -0.2) is 56.1 Å². The molecule has 0 unspecified atom stereocenters. The van der Waals surface area contributed by atoms with Gasteiger partial charge in [-0.1, -0.05) is 13.3 Å². The molecule has 1 aliphatic heterocycles. The average molecular weight is 285 g/mol. The maximum absolute atomic E-state index is 11.9. The number of unbranched alkanes of at least 4 members (excludes halogenated alkanes) is 1. The summed E-state index contributed by atoms with van der Waals surface area (Å²) in [6.45, 7) is 5.04. The molecule has 3 N–H and O–H groups in total. The normalized spacial score (nSPS) is 16.2. The zero-order valence-corrected chi connectivity index (χ0v) is 12.4. The molecule has 1 saturated heterocycles. The summed E-state index contributed by atoms with van der Waals surface area (Å²) in [5.74, 6) is 0.161. The molecule has 0 spiro atoms. The van der Waals surface area contributed by atoms with Crippen molar-refractivity contribution in [3.8, 4) is 0 Å². The number of amides is 2. The van der Waals surface area contributed by atoms with Gasteiger partial charge in [0.25, 0.3) is 0 Å². The summed E-state index contributed by atoms with van der Waals surface area (Å²) in [4.78, 5) is 25.5. The third-order valence-electron chi connectivity index (χ3n) is 3.54. The number of nitrogens with zero attached hydrogens (tertiary/aromatic N) is 1. The molecule has 0 saturated carbocycles. The van der Waals surface area contributed by atoms with Gasteiger partial charge < -0.3 is 20.7 Å². The zero-order chi connectivity index (χ0) is 14.8. The molecule has 6 nitrogen and oxygen atoms in total. The summed E-state index contributed by atoms with van der Waals surface area (Å²) >= 11 is 0. The average Bonchev–Trinajstić information content (AvgIpc) is 2.47. The Kier molecular flexibility index (Phi) is 8.22. The van der Waals surface area contributed by atoms with Crippen molar-refractivity contribution in [2.45, 2.75) is 32.6 Å². The Morgan fingerprint density at radius 1 is 1.35 bits per heavy atom. The van der Waals surface area contributed by atoms with Crippen LogP contribution in [0.5, 0.6) is 0 Å². The molecular formula is C14H27N3O3. The van der Waals surface area contributed by atoms with Gasteiger partial charge in [-0.2, -0.15) is 0 Å². The van der Waals surface area contributed by atoms with Gasteiger partial charge in [0.1, 0.15) is 6.61 Å². The molecule has 2 amide bonds. The molecule has 0 aromatic carbocycles. The highest BCUT2D eigenvalue weighted by molar-refractivity contribution is 5.80. The molecule has 0 aromatic rings. The standard InChI is InChI=1S/C14H27N3O3/c1-2-3-7-16-14(19)12-4-8-17(9-5-12)13(18)11-20-10-6-15/h12H,2-11,15H2,1H3,(H,16,19). The first-order valence-corrected chi connectivity index (χ1v) is 7.52. The van der Waals surface area contributed by atoms with Crippen molar-refractivity contribution < 1.29 is 14.3 Å². The molecule has 20 heavy (non-hydrogen) atoms. The minimum absolute atomic E-state index is 0.0108.